The Kier molecular flexibility index (Phi) is 5.44. The summed E-state index contributed by atoms with van der Waals surface area (Å²) in [6, 6.07) is 13.2. The van der Waals surface area contributed by atoms with Crippen molar-refractivity contribution in [3.8, 4) is 22.5 Å². The van der Waals surface area contributed by atoms with E-state index >= 15 is 0 Å². The second-order valence-electron chi connectivity index (χ2n) is 8.29. The molecule has 0 aliphatic rings. The molecule has 0 fully saturated rings. The number of aromatic nitrogens is 5. The molecule has 9 heteroatoms. The van der Waals surface area contributed by atoms with Gasteiger partial charge in [-0.25, -0.2) is 18.9 Å². The maximum absolute atomic E-state index is 14.0. The fourth-order valence-corrected chi connectivity index (χ4v) is 3.90. The molecule has 0 spiro atoms. The second-order valence-corrected chi connectivity index (χ2v) is 8.29. The van der Waals surface area contributed by atoms with Gasteiger partial charge in [-0.05, 0) is 61.4 Å². The van der Waals surface area contributed by atoms with Crippen LogP contribution in [0.15, 0.2) is 67.1 Å². The van der Waals surface area contributed by atoms with E-state index in [1.54, 1.807) is 55.0 Å². The molecule has 35 heavy (non-hydrogen) atoms. The SMILES string of the molecule is Cc1cc(-c2nc3c(C)ccnn3c2-c2ccnc(NC(=O)c3cc[n+]([O-])c(C)c3)c2)ccc1F. The van der Waals surface area contributed by atoms with E-state index < -0.39 is 0 Å². The first kappa shape index (κ1) is 22.1. The van der Waals surface area contributed by atoms with Crippen molar-refractivity contribution in [1.82, 2.24) is 19.6 Å². The summed E-state index contributed by atoms with van der Waals surface area (Å²) < 4.78 is 16.4. The summed E-state index contributed by atoms with van der Waals surface area (Å²) >= 11 is 0. The van der Waals surface area contributed by atoms with E-state index in [4.69, 9.17) is 4.98 Å². The number of amides is 1. The van der Waals surface area contributed by atoms with Crippen LogP contribution in [0.4, 0.5) is 10.2 Å². The summed E-state index contributed by atoms with van der Waals surface area (Å²) in [5.74, 6) is -0.353. The van der Waals surface area contributed by atoms with Crippen LogP contribution >= 0.6 is 0 Å². The molecular formula is C26H21FN6O2. The molecule has 1 amide bonds. The van der Waals surface area contributed by atoms with Gasteiger partial charge < -0.3 is 10.5 Å². The number of nitrogens with zero attached hydrogens (tertiary/aromatic N) is 5. The number of anilines is 1. The molecule has 1 N–H and O–H groups in total. The average molecular weight is 468 g/mol. The van der Waals surface area contributed by atoms with Crippen LogP contribution in [0.25, 0.3) is 28.2 Å². The Balaban J connectivity index is 1.60. The Morgan fingerprint density at radius 3 is 2.60 bits per heavy atom. The van der Waals surface area contributed by atoms with Crippen molar-refractivity contribution in [2.24, 2.45) is 0 Å². The number of fused-ring (bicyclic) bond motifs is 1. The summed E-state index contributed by atoms with van der Waals surface area (Å²) in [6.45, 7) is 5.28. The smallest absolute Gasteiger partial charge is 0.257 e. The molecule has 8 nitrogen and oxygen atoms in total. The third-order valence-electron chi connectivity index (χ3n) is 5.78. The minimum absolute atomic E-state index is 0.291. The van der Waals surface area contributed by atoms with Gasteiger partial charge in [-0.2, -0.15) is 9.83 Å². The van der Waals surface area contributed by atoms with Crippen LogP contribution in [-0.2, 0) is 0 Å². The first-order valence-corrected chi connectivity index (χ1v) is 10.9. The fraction of sp³-hybridized carbons (Fsp3) is 0.115. The lowest BCUT2D eigenvalue weighted by atomic mass is 10.0. The molecule has 5 aromatic rings. The van der Waals surface area contributed by atoms with Gasteiger partial charge >= 0.3 is 0 Å². The predicted octanol–water partition coefficient (Wildman–Crippen LogP) is 4.41. The number of rotatable bonds is 4. The van der Waals surface area contributed by atoms with Crippen molar-refractivity contribution in [3.05, 3.63) is 101 Å². The summed E-state index contributed by atoms with van der Waals surface area (Å²) in [5.41, 5.74) is 5.66. The Labute approximate surface area is 200 Å². The molecule has 5 rings (SSSR count). The molecular weight excluding hydrogens is 447 g/mol. The van der Waals surface area contributed by atoms with Gasteiger partial charge in [0.05, 0.1) is 11.3 Å². The Bertz CT molecular complexity index is 1610. The van der Waals surface area contributed by atoms with E-state index in [-0.39, 0.29) is 11.7 Å². The van der Waals surface area contributed by atoms with Crippen LogP contribution in [0.1, 0.15) is 27.2 Å². The number of nitrogens with one attached hydrogen (secondary N) is 1. The maximum Gasteiger partial charge on any atom is 0.257 e. The fourth-order valence-electron chi connectivity index (χ4n) is 3.90. The number of carbonyl (C=O) groups excluding carboxylic acids is 1. The molecule has 174 valence electrons. The second kappa shape index (κ2) is 8.60. The Hall–Kier alpha value is -4.66. The van der Waals surface area contributed by atoms with Crippen LogP contribution < -0.4 is 10.0 Å². The molecule has 0 unspecified atom stereocenters. The van der Waals surface area contributed by atoms with Crippen LogP contribution in [0, 0.1) is 31.8 Å². The number of hydrogen-bond donors (Lipinski definition) is 1. The van der Waals surface area contributed by atoms with Crippen LogP contribution in [0.3, 0.4) is 0 Å². The number of benzene rings is 1. The minimum atomic E-state index is -0.389. The standard InChI is InChI=1S/C26H21FN6O2/c1-15-6-10-29-33-24(23(31-25(15)33)18-4-5-21(27)16(2)12-18)19-7-9-28-22(14-19)30-26(34)20-8-11-32(35)17(3)13-20/h4-14H,1-3H3,(H,28,30,34). The number of carbonyl (C=O) groups is 1. The van der Waals surface area contributed by atoms with Crippen molar-refractivity contribution >= 4 is 17.4 Å². The van der Waals surface area contributed by atoms with E-state index in [9.17, 15) is 14.4 Å². The molecule has 0 atom stereocenters. The van der Waals surface area contributed by atoms with E-state index in [1.165, 1.54) is 24.4 Å². The summed E-state index contributed by atoms with van der Waals surface area (Å²) in [7, 11) is 0. The normalized spacial score (nSPS) is 11.1. The van der Waals surface area contributed by atoms with E-state index in [1.807, 2.05) is 13.0 Å². The van der Waals surface area contributed by atoms with Gasteiger partial charge in [-0.1, -0.05) is 0 Å². The zero-order valence-corrected chi connectivity index (χ0v) is 19.3. The van der Waals surface area contributed by atoms with E-state index in [0.717, 1.165) is 16.7 Å². The van der Waals surface area contributed by atoms with E-state index in [0.29, 0.717) is 44.4 Å². The highest BCUT2D eigenvalue weighted by Crippen LogP contribution is 2.34. The Morgan fingerprint density at radius 2 is 1.83 bits per heavy atom. The molecule has 0 radical (unpaired) electrons. The number of imidazole rings is 1. The van der Waals surface area contributed by atoms with Crippen LogP contribution in [-0.4, -0.2) is 25.5 Å². The number of hydrogen-bond acceptors (Lipinski definition) is 5. The molecule has 4 aromatic heterocycles. The lowest BCUT2D eigenvalue weighted by Gasteiger charge is -2.09. The third kappa shape index (κ3) is 4.08. The summed E-state index contributed by atoms with van der Waals surface area (Å²) in [6.07, 6.45) is 4.57. The number of aryl methyl sites for hydroxylation is 3. The Morgan fingerprint density at radius 1 is 1.00 bits per heavy atom. The molecule has 0 saturated carbocycles. The monoisotopic (exact) mass is 468 g/mol. The van der Waals surface area contributed by atoms with Crippen molar-refractivity contribution in [3.63, 3.8) is 0 Å². The van der Waals surface area contributed by atoms with E-state index in [2.05, 4.69) is 15.4 Å². The van der Waals surface area contributed by atoms with Crippen molar-refractivity contribution < 1.29 is 13.9 Å². The molecule has 0 bridgehead atoms. The topological polar surface area (TPSA) is 99.1 Å². The third-order valence-corrected chi connectivity index (χ3v) is 5.78. The zero-order valence-electron chi connectivity index (χ0n) is 19.3. The maximum atomic E-state index is 14.0. The first-order chi connectivity index (χ1) is 16.8. The predicted molar refractivity (Wildman–Crippen MR) is 129 cm³/mol. The lowest BCUT2D eigenvalue weighted by molar-refractivity contribution is -0.612. The van der Waals surface area contributed by atoms with Crippen molar-refractivity contribution in [2.75, 3.05) is 5.32 Å². The highest BCUT2D eigenvalue weighted by atomic mass is 19.1. The average Bonchev–Trinajstić information content (AvgIpc) is 3.24. The van der Waals surface area contributed by atoms with Gasteiger partial charge in [0.1, 0.15) is 17.3 Å². The van der Waals surface area contributed by atoms with Gasteiger partial charge in [0.25, 0.3) is 5.91 Å². The quantitative estimate of drug-likeness (QED) is 0.311. The van der Waals surface area contributed by atoms with Gasteiger partial charge in [-0.3, -0.25) is 4.79 Å². The largest absolute Gasteiger partial charge is 0.619 e. The summed E-state index contributed by atoms with van der Waals surface area (Å²) in [4.78, 5) is 21.9. The van der Waals surface area contributed by atoms with Gasteiger partial charge in [0.15, 0.2) is 17.5 Å². The van der Waals surface area contributed by atoms with Crippen LogP contribution in [0.2, 0.25) is 0 Å². The van der Waals surface area contributed by atoms with Crippen molar-refractivity contribution in [1.29, 1.82) is 0 Å². The van der Waals surface area contributed by atoms with Crippen molar-refractivity contribution in [2.45, 2.75) is 20.8 Å². The van der Waals surface area contributed by atoms with Gasteiger partial charge in [-0.15, -0.1) is 0 Å². The summed E-state index contributed by atoms with van der Waals surface area (Å²) in [5, 5.41) is 18.9. The lowest BCUT2D eigenvalue weighted by Crippen LogP contribution is -2.30. The van der Waals surface area contributed by atoms with Crippen LogP contribution in [0.5, 0.6) is 0 Å². The van der Waals surface area contributed by atoms with Gasteiger partial charge in [0.2, 0.25) is 0 Å². The molecule has 0 aliphatic carbocycles. The van der Waals surface area contributed by atoms with Gasteiger partial charge in [0, 0.05) is 42.6 Å². The minimum Gasteiger partial charge on any atom is -0.619 e. The molecule has 1 aromatic carbocycles. The zero-order chi connectivity index (χ0) is 24.7. The molecule has 4 heterocycles. The molecule has 0 aliphatic heterocycles. The highest BCUT2D eigenvalue weighted by Gasteiger charge is 2.20. The highest BCUT2D eigenvalue weighted by molar-refractivity contribution is 6.04. The number of halogens is 1. The number of pyridine rings is 2. The molecule has 0 saturated heterocycles. The first-order valence-electron chi connectivity index (χ1n) is 10.9.